The van der Waals surface area contributed by atoms with Gasteiger partial charge in [-0.1, -0.05) is 0 Å². The van der Waals surface area contributed by atoms with Gasteiger partial charge in [-0.05, 0) is 37.3 Å². The molecule has 0 aliphatic heterocycles. The van der Waals surface area contributed by atoms with Gasteiger partial charge in [0.2, 0.25) is 0 Å². The Morgan fingerprint density at radius 1 is 1.28 bits per heavy atom. The normalized spacial score (nSPS) is 11.1. The number of H-pyrrole nitrogens is 1. The lowest BCUT2D eigenvalue weighted by Crippen LogP contribution is -2.11. The van der Waals surface area contributed by atoms with Crippen LogP contribution in [-0.4, -0.2) is 9.97 Å². The molecule has 0 aliphatic rings. The SMILES string of the molecule is Cc1c(/C=C/c2cc(F)ccc2F)nc[nH]c1=O. The van der Waals surface area contributed by atoms with Crippen LogP contribution in [0.15, 0.2) is 29.3 Å². The van der Waals surface area contributed by atoms with Gasteiger partial charge in [0.1, 0.15) is 11.6 Å². The van der Waals surface area contributed by atoms with Crippen LogP contribution in [0.25, 0.3) is 12.2 Å². The molecule has 0 spiro atoms. The van der Waals surface area contributed by atoms with Gasteiger partial charge < -0.3 is 4.98 Å². The maximum Gasteiger partial charge on any atom is 0.254 e. The summed E-state index contributed by atoms with van der Waals surface area (Å²) >= 11 is 0. The summed E-state index contributed by atoms with van der Waals surface area (Å²) in [5, 5.41) is 0. The Morgan fingerprint density at radius 3 is 2.83 bits per heavy atom. The number of hydrogen-bond acceptors (Lipinski definition) is 2. The number of aromatic amines is 1. The van der Waals surface area contributed by atoms with E-state index in [-0.39, 0.29) is 11.1 Å². The van der Waals surface area contributed by atoms with E-state index in [0.717, 1.165) is 18.2 Å². The van der Waals surface area contributed by atoms with E-state index in [0.29, 0.717) is 11.3 Å². The van der Waals surface area contributed by atoms with Crippen molar-refractivity contribution in [1.82, 2.24) is 9.97 Å². The highest BCUT2D eigenvalue weighted by Crippen LogP contribution is 2.13. The zero-order chi connectivity index (χ0) is 13.1. The van der Waals surface area contributed by atoms with E-state index in [4.69, 9.17) is 0 Å². The second-order valence-electron chi connectivity index (χ2n) is 3.74. The smallest absolute Gasteiger partial charge is 0.254 e. The molecule has 2 aromatic rings. The van der Waals surface area contributed by atoms with Crippen molar-refractivity contribution in [3.8, 4) is 0 Å². The molecular weight excluding hydrogens is 238 g/mol. The molecule has 0 radical (unpaired) electrons. The monoisotopic (exact) mass is 248 g/mol. The van der Waals surface area contributed by atoms with Crippen LogP contribution >= 0.6 is 0 Å². The number of benzene rings is 1. The fraction of sp³-hybridized carbons (Fsp3) is 0.0769. The van der Waals surface area contributed by atoms with Crippen molar-refractivity contribution in [2.24, 2.45) is 0 Å². The Labute approximate surface area is 102 Å². The van der Waals surface area contributed by atoms with E-state index < -0.39 is 11.6 Å². The minimum atomic E-state index is -0.532. The second-order valence-corrected chi connectivity index (χ2v) is 3.74. The molecule has 0 fully saturated rings. The number of nitrogens with one attached hydrogen (secondary N) is 1. The number of hydrogen-bond donors (Lipinski definition) is 1. The van der Waals surface area contributed by atoms with Crippen LogP contribution in [0.1, 0.15) is 16.8 Å². The molecule has 5 heteroatoms. The Bertz CT molecular complexity index is 662. The molecule has 1 aromatic carbocycles. The summed E-state index contributed by atoms with van der Waals surface area (Å²) in [6.45, 7) is 1.60. The summed E-state index contributed by atoms with van der Waals surface area (Å²) in [6, 6.07) is 3.17. The van der Waals surface area contributed by atoms with Gasteiger partial charge in [0.05, 0.1) is 12.0 Å². The van der Waals surface area contributed by atoms with Crippen molar-refractivity contribution in [3.63, 3.8) is 0 Å². The molecule has 0 bridgehead atoms. The maximum atomic E-state index is 13.3. The summed E-state index contributed by atoms with van der Waals surface area (Å²) in [7, 11) is 0. The zero-order valence-corrected chi connectivity index (χ0v) is 9.58. The van der Waals surface area contributed by atoms with Crippen molar-refractivity contribution in [2.75, 3.05) is 0 Å². The molecule has 0 unspecified atom stereocenters. The van der Waals surface area contributed by atoms with Crippen molar-refractivity contribution in [1.29, 1.82) is 0 Å². The summed E-state index contributed by atoms with van der Waals surface area (Å²) < 4.78 is 26.3. The molecule has 0 aliphatic carbocycles. The first kappa shape index (κ1) is 12.2. The highest BCUT2D eigenvalue weighted by Gasteiger charge is 2.02. The van der Waals surface area contributed by atoms with Gasteiger partial charge in [-0.3, -0.25) is 4.79 Å². The Kier molecular flexibility index (Phi) is 3.32. The number of nitrogens with zero attached hydrogens (tertiary/aromatic N) is 1. The predicted molar refractivity (Wildman–Crippen MR) is 64.9 cm³/mol. The minimum Gasteiger partial charge on any atom is -0.313 e. The molecule has 2 rings (SSSR count). The second kappa shape index (κ2) is 4.91. The van der Waals surface area contributed by atoms with Crippen molar-refractivity contribution in [2.45, 2.75) is 6.92 Å². The lowest BCUT2D eigenvalue weighted by molar-refractivity contribution is 0.598. The van der Waals surface area contributed by atoms with Crippen molar-refractivity contribution < 1.29 is 8.78 Å². The Hall–Kier alpha value is -2.30. The lowest BCUT2D eigenvalue weighted by Gasteiger charge is -1.99. The first-order valence-electron chi connectivity index (χ1n) is 5.25. The van der Waals surface area contributed by atoms with E-state index in [1.165, 1.54) is 18.5 Å². The van der Waals surface area contributed by atoms with E-state index in [9.17, 15) is 13.6 Å². The average Bonchev–Trinajstić information content (AvgIpc) is 2.35. The topological polar surface area (TPSA) is 45.8 Å². The van der Waals surface area contributed by atoms with Gasteiger partial charge in [-0.25, -0.2) is 13.8 Å². The fourth-order valence-corrected chi connectivity index (χ4v) is 1.46. The molecule has 3 nitrogen and oxygen atoms in total. The van der Waals surface area contributed by atoms with Gasteiger partial charge in [-0.2, -0.15) is 0 Å². The third-order valence-corrected chi connectivity index (χ3v) is 2.50. The number of halogens is 2. The van der Waals surface area contributed by atoms with E-state index in [1.54, 1.807) is 6.92 Å². The standard InChI is InChI=1S/C13H10F2N2O/c1-8-12(16-7-17-13(8)18)5-2-9-6-10(14)3-4-11(9)15/h2-7H,1H3,(H,16,17,18)/b5-2+. The van der Waals surface area contributed by atoms with Gasteiger partial charge in [0.25, 0.3) is 5.56 Å². The van der Waals surface area contributed by atoms with Crippen LogP contribution in [0.4, 0.5) is 8.78 Å². The highest BCUT2D eigenvalue weighted by molar-refractivity contribution is 5.69. The van der Waals surface area contributed by atoms with Crippen molar-refractivity contribution in [3.05, 3.63) is 63.3 Å². The summed E-state index contributed by atoms with van der Waals surface area (Å²) in [5.41, 5.74) is 0.689. The minimum absolute atomic E-state index is 0.108. The summed E-state index contributed by atoms with van der Waals surface area (Å²) in [4.78, 5) is 17.7. The van der Waals surface area contributed by atoms with E-state index in [2.05, 4.69) is 9.97 Å². The van der Waals surface area contributed by atoms with Gasteiger partial charge in [0, 0.05) is 11.1 Å². The van der Waals surface area contributed by atoms with E-state index >= 15 is 0 Å². The molecule has 0 amide bonds. The lowest BCUT2D eigenvalue weighted by atomic mass is 10.1. The molecule has 1 N–H and O–H groups in total. The van der Waals surface area contributed by atoms with E-state index in [1.807, 2.05) is 0 Å². The quantitative estimate of drug-likeness (QED) is 0.887. The molecule has 0 saturated heterocycles. The zero-order valence-electron chi connectivity index (χ0n) is 9.58. The molecule has 0 saturated carbocycles. The third kappa shape index (κ3) is 2.51. The molecule has 0 atom stereocenters. The van der Waals surface area contributed by atoms with Crippen LogP contribution in [0.2, 0.25) is 0 Å². The van der Waals surface area contributed by atoms with Crippen LogP contribution < -0.4 is 5.56 Å². The molecule has 92 valence electrons. The Morgan fingerprint density at radius 2 is 2.06 bits per heavy atom. The van der Waals surface area contributed by atoms with Crippen LogP contribution in [-0.2, 0) is 0 Å². The highest BCUT2D eigenvalue weighted by atomic mass is 19.1. The van der Waals surface area contributed by atoms with Crippen molar-refractivity contribution >= 4 is 12.2 Å². The molecule has 1 heterocycles. The number of aromatic nitrogens is 2. The third-order valence-electron chi connectivity index (χ3n) is 2.50. The Balaban J connectivity index is 2.39. The number of rotatable bonds is 2. The molecule has 1 aromatic heterocycles. The average molecular weight is 248 g/mol. The van der Waals surface area contributed by atoms with Gasteiger partial charge in [0.15, 0.2) is 0 Å². The molecular formula is C13H10F2N2O. The predicted octanol–water partition coefficient (Wildman–Crippen LogP) is 2.53. The van der Waals surface area contributed by atoms with Gasteiger partial charge >= 0.3 is 0 Å². The van der Waals surface area contributed by atoms with Crippen LogP contribution in [0.5, 0.6) is 0 Å². The maximum absolute atomic E-state index is 13.3. The summed E-state index contributed by atoms with van der Waals surface area (Å²) in [5.74, 6) is -1.05. The molecule has 18 heavy (non-hydrogen) atoms. The van der Waals surface area contributed by atoms with Crippen LogP contribution in [0, 0.1) is 18.6 Å². The first-order chi connectivity index (χ1) is 8.58. The first-order valence-corrected chi connectivity index (χ1v) is 5.25. The van der Waals surface area contributed by atoms with Crippen LogP contribution in [0.3, 0.4) is 0 Å². The van der Waals surface area contributed by atoms with Gasteiger partial charge in [-0.15, -0.1) is 0 Å². The fourth-order valence-electron chi connectivity index (χ4n) is 1.46. The largest absolute Gasteiger partial charge is 0.313 e. The summed E-state index contributed by atoms with van der Waals surface area (Å²) in [6.07, 6.45) is 4.12.